The summed E-state index contributed by atoms with van der Waals surface area (Å²) in [6.07, 6.45) is 1.05. The molecule has 1 N–H and O–H groups in total. The number of hydrogen-bond donors (Lipinski definition) is 1. The maximum atomic E-state index is 13.4. The smallest absolute Gasteiger partial charge is 0.167 e. The lowest BCUT2D eigenvalue weighted by molar-refractivity contribution is 0.0971. The van der Waals surface area contributed by atoms with Crippen molar-refractivity contribution in [3.63, 3.8) is 0 Å². The van der Waals surface area contributed by atoms with E-state index in [0.29, 0.717) is 12.0 Å². The Morgan fingerprint density at radius 3 is 2.87 bits per heavy atom. The maximum absolute atomic E-state index is 13.4. The van der Waals surface area contributed by atoms with E-state index in [0.717, 1.165) is 6.42 Å². The molecular weight excluding hydrogens is 195 g/mol. The number of aliphatic hydroxyl groups excluding tert-OH is 1. The zero-order valence-electron chi connectivity index (χ0n) is 9.16. The molecule has 1 atom stereocenters. The minimum atomic E-state index is -0.519. The van der Waals surface area contributed by atoms with E-state index in [1.165, 1.54) is 0 Å². The van der Waals surface area contributed by atoms with E-state index < -0.39 is 6.10 Å². The zero-order valence-corrected chi connectivity index (χ0v) is 9.16. The number of aryl methyl sites for hydroxylation is 1. The second-order valence-electron chi connectivity index (χ2n) is 3.64. The lowest BCUT2D eigenvalue weighted by Gasteiger charge is -2.12. The second kappa shape index (κ2) is 5.71. The normalized spacial score (nSPS) is 12.5. The molecular formula is C12H17FO2. The molecule has 2 nitrogen and oxygen atoms in total. The van der Waals surface area contributed by atoms with E-state index in [9.17, 15) is 9.50 Å². The number of aliphatic hydroxyl groups is 1. The Morgan fingerprint density at radius 2 is 2.20 bits per heavy atom. The Bertz CT molecular complexity index is 312. The number of benzene rings is 1. The van der Waals surface area contributed by atoms with Crippen molar-refractivity contribution in [3.8, 4) is 5.75 Å². The number of halogens is 1. The number of rotatable bonds is 5. The van der Waals surface area contributed by atoms with Crippen LogP contribution >= 0.6 is 0 Å². The van der Waals surface area contributed by atoms with Gasteiger partial charge in [0.15, 0.2) is 11.6 Å². The highest BCUT2D eigenvalue weighted by atomic mass is 19.1. The van der Waals surface area contributed by atoms with E-state index in [2.05, 4.69) is 0 Å². The van der Waals surface area contributed by atoms with E-state index in [1.807, 2.05) is 6.92 Å². The van der Waals surface area contributed by atoms with Gasteiger partial charge in [-0.2, -0.15) is 0 Å². The van der Waals surface area contributed by atoms with Crippen LogP contribution < -0.4 is 4.74 Å². The molecule has 3 heteroatoms. The van der Waals surface area contributed by atoms with Gasteiger partial charge < -0.3 is 9.84 Å². The number of hydrogen-bond acceptors (Lipinski definition) is 2. The Kier molecular flexibility index (Phi) is 4.56. The Labute approximate surface area is 89.7 Å². The molecule has 1 aromatic carbocycles. The Hall–Kier alpha value is -1.09. The van der Waals surface area contributed by atoms with Gasteiger partial charge in [0, 0.05) is 0 Å². The minimum absolute atomic E-state index is 0.147. The quantitative estimate of drug-likeness (QED) is 0.813. The van der Waals surface area contributed by atoms with Crippen LogP contribution in [0.1, 0.15) is 25.3 Å². The Balaban J connectivity index is 2.54. The molecule has 1 unspecified atom stereocenters. The van der Waals surface area contributed by atoms with Crippen molar-refractivity contribution in [1.29, 1.82) is 0 Å². The first kappa shape index (κ1) is 12.0. The first-order valence-corrected chi connectivity index (χ1v) is 5.21. The molecule has 84 valence electrons. The molecule has 0 aromatic heterocycles. The molecule has 0 saturated carbocycles. The maximum Gasteiger partial charge on any atom is 0.167 e. The fourth-order valence-corrected chi connectivity index (χ4v) is 1.33. The van der Waals surface area contributed by atoms with Crippen LogP contribution in [0.25, 0.3) is 0 Å². The predicted octanol–water partition coefficient (Wildman–Crippen LogP) is 2.67. The van der Waals surface area contributed by atoms with Crippen LogP contribution in [0.5, 0.6) is 5.75 Å². The first-order valence-electron chi connectivity index (χ1n) is 5.21. The summed E-state index contributed by atoms with van der Waals surface area (Å²) in [7, 11) is 0. The van der Waals surface area contributed by atoms with Crippen molar-refractivity contribution < 1.29 is 14.2 Å². The summed E-state index contributed by atoms with van der Waals surface area (Å²) in [5.74, 6) is -0.133. The molecule has 0 amide bonds. The second-order valence-corrected chi connectivity index (χ2v) is 3.64. The van der Waals surface area contributed by atoms with Crippen LogP contribution in [-0.2, 0) is 0 Å². The molecule has 0 aliphatic heterocycles. The van der Waals surface area contributed by atoms with Crippen LogP contribution in [0.3, 0.4) is 0 Å². The van der Waals surface area contributed by atoms with Crippen molar-refractivity contribution in [2.24, 2.45) is 0 Å². The minimum Gasteiger partial charge on any atom is -0.488 e. The lowest BCUT2D eigenvalue weighted by atomic mass is 10.2. The lowest BCUT2D eigenvalue weighted by Crippen LogP contribution is -2.17. The van der Waals surface area contributed by atoms with Gasteiger partial charge in [-0.15, -0.1) is 0 Å². The molecule has 0 spiro atoms. The van der Waals surface area contributed by atoms with Gasteiger partial charge in [0.2, 0.25) is 0 Å². The van der Waals surface area contributed by atoms with Crippen LogP contribution in [0.15, 0.2) is 18.2 Å². The average molecular weight is 212 g/mol. The predicted molar refractivity (Wildman–Crippen MR) is 57.5 cm³/mol. The van der Waals surface area contributed by atoms with Gasteiger partial charge >= 0.3 is 0 Å². The fraction of sp³-hybridized carbons (Fsp3) is 0.500. The molecule has 0 fully saturated rings. The van der Waals surface area contributed by atoms with Gasteiger partial charge in [-0.05, 0) is 25.0 Å². The summed E-state index contributed by atoms with van der Waals surface area (Å²) in [6, 6.07) is 4.99. The van der Waals surface area contributed by atoms with E-state index in [1.54, 1.807) is 25.1 Å². The van der Waals surface area contributed by atoms with Gasteiger partial charge in [0.1, 0.15) is 6.61 Å². The van der Waals surface area contributed by atoms with Crippen molar-refractivity contribution in [1.82, 2.24) is 0 Å². The molecule has 15 heavy (non-hydrogen) atoms. The molecule has 0 bridgehead atoms. The average Bonchev–Trinajstić information content (AvgIpc) is 2.21. The summed E-state index contributed by atoms with van der Waals surface area (Å²) in [6.45, 7) is 3.81. The third kappa shape index (κ3) is 3.51. The highest BCUT2D eigenvalue weighted by Crippen LogP contribution is 2.19. The highest BCUT2D eigenvalue weighted by molar-refractivity contribution is 5.30. The van der Waals surface area contributed by atoms with Crippen LogP contribution in [0.4, 0.5) is 4.39 Å². The van der Waals surface area contributed by atoms with Gasteiger partial charge in [-0.1, -0.05) is 25.5 Å². The third-order valence-corrected chi connectivity index (χ3v) is 2.21. The van der Waals surface area contributed by atoms with E-state index >= 15 is 0 Å². The first-order chi connectivity index (χ1) is 7.15. The Morgan fingerprint density at radius 1 is 1.47 bits per heavy atom. The molecule has 1 rings (SSSR count). The van der Waals surface area contributed by atoms with E-state index in [-0.39, 0.29) is 18.2 Å². The van der Waals surface area contributed by atoms with Crippen LogP contribution in [0.2, 0.25) is 0 Å². The van der Waals surface area contributed by atoms with Crippen molar-refractivity contribution in [2.75, 3.05) is 6.61 Å². The van der Waals surface area contributed by atoms with Crippen molar-refractivity contribution in [3.05, 3.63) is 29.6 Å². The van der Waals surface area contributed by atoms with Gasteiger partial charge in [0.05, 0.1) is 6.10 Å². The summed E-state index contributed by atoms with van der Waals surface area (Å²) >= 11 is 0. The summed E-state index contributed by atoms with van der Waals surface area (Å²) < 4.78 is 18.6. The molecule has 1 aromatic rings. The highest BCUT2D eigenvalue weighted by Gasteiger charge is 2.08. The van der Waals surface area contributed by atoms with Crippen molar-refractivity contribution >= 4 is 0 Å². The van der Waals surface area contributed by atoms with Gasteiger partial charge in [-0.3, -0.25) is 0 Å². The standard InChI is InChI=1S/C12H17FO2/c1-3-5-10(14)8-15-11-7-4-6-9(2)12(11)13/h4,6-7,10,14H,3,5,8H2,1-2H3. The zero-order chi connectivity index (χ0) is 11.3. The topological polar surface area (TPSA) is 29.5 Å². The molecule has 0 aliphatic carbocycles. The fourth-order valence-electron chi connectivity index (χ4n) is 1.33. The van der Waals surface area contributed by atoms with E-state index in [4.69, 9.17) is 4.74 Å². The number of ether oxygens (including phenoxy) is 1. The third-order valence-electron chi connectivity index (χ3n) is 2.21. The summed E-state index contributed by atoms with van der Waals surface area (Å²) in [5, 5.41) is 9.42. The van der Waals surface area contributed by atoms with Gasteiger partial charge in [0.25, 0.3) is 0 Å². The molecule has 0 saturated heterocycles. The molecule has 0 heterocycles. The van der Waals surface area contributed by atoms with Crippen molar-refractivity contribution in [2.45, 2.75) is 32.8 Å². The monoisotopic (exact) mass is 212 g/mol. The molecule has 0 aliphatic rings. The SMILES string of the molecule is CCCC(O)COc1cccc(C)c1F. The molecule has 0 radical (unpaired) electrons. The van der Waals surface area contributed by atoms with Crippen LogP contribution in [-0.4, -0.2) is 17.8 Å². The largest absolute Gasteiger partial charge is 0.488 e. The summed E-state index contributed by atoms with van der Waals surface area (Å²) in [5.41, 5.74) is 0.553. The van der Waals surface area contributed by atoms with Crippen LogP contribution in [0, 0.1) is 12.7 Å². The van der Waals surface area contributed by atoms with Gasteiger partial charge in [-0.25, -0.2) is 4.39 Å². The summed E-state index contributed by atoms with van der Waals surface area (Å²) in [4.78, 5) is 0.